The molecule has 1 saturated carbocycles. The Hall–Kier alpha value is -2.02. The van der Waals surface area contributed by atoms with Crippen LogP contribution in [-0.2, 0) is 20.7 Å². The van der Waals surface area contributed by atoms with Crippen molar-refractivity contribution in [3.05, 3.63) is 23.3 Å². The topological polar surface area (TPSA) is 78.6 Å². The second-order valence-corrected chi connectivity index (χ2v) is 7.71. The molecule has 0 N–H and O–H groups in total. The minimum atomic E-state index is -0.152. The van der Waals surface area contributed by atoms with Crippen molar-refractivity contribution in [3.63, 3.8) is 0 Å². The fourth-order valence-corrected chi connectivity index (χ4v) is 4.46. The maximum Gasteiger partial charge on any atom is 0.306 e. The summed E-state index contributed by atoms with van der Waals surface area (Å²) in [5, 5.41) is 4.19. The lowest BCUT2D eigenvalue weighted by molar-refractivity contribution is -0.210. The number of rotatable bonds is 4. The summed E-state index contributed by atoms with van der Waals surface area (Å²) in [7, 11) is 0. The van der Waals surface area contributed by atoms with Crippen LogP contribution in [-0.4, -0.2) is 44.4 Å². The molecule has 2 aromatic rings. The Labute approximate surface area is 146 Å². The second-order valence-electron chi connectivity index (χ2n) is 7.71. The van der Waals surface area contributed by atoms with Crippen LogP contribution in [0.25, 0.3) is 5.78 Å². The molecule has 0 unspecified atom stereocenters. The van der Waals surface area contributed by atoms with Gasteiger partial charge in [0.25, 0.3) is 5.78 Å². The molecule has 1 aliphatic carbocycles. The van der Waals surface area contributed by atoms with Gasteiger partial charge in [0.05, 0.1) is 6.10 Å². The zero-order chi connectivity index (χ0) is 17.8. The molecule has 4 rings (SSSR count). The maximum absolute atomic E-state index is 12.4. The standard InChI is InChI=1S/C18H24N4O3/c1-10-12(11(2)22-17(21-10)19-9-20-22)5-6-14(23)25-16-13-7-8-24-15(13)18(16,3)4/h9,13,15-16H,5-8H2,1-4H3/t13-,15+,16-/m1/s1. The summed E-state index contributed by atoms with van der Waals surface area (Å²) >= 11 is 0. The highest BCUT2D eigenvalue weighted by Gasteiger charge is 2.61. The molecule has 7 heteroatoms. The van der Waals surface area contributed by atoms with E-state index in [0.717, 1.165) is 30.0 Å². The highest BCUT2D eigenvalue weighted by Crippen LogP contribution is 2.53. The van der Waals surface area contributed by atoms with E-state index in [1.165, 1.54) is 6.33 Å². The summed E-state index contributed by atoms with van der Waals surface area (Å²) in [5.41, 5.74) is 2.80. The summed E-state index contributed by atoms with van der Waals surface area (Å²) in [6.45, 7) is 8.93. The second kappa shape index (κ2) is 5.76. The van der Waals surface area contributed by atoms with Crippen molar-refractivity contribution in [2.75, 3.05) is 6.61 Å². The van der Waals surface area contributed by atoms with Gasteiger partial charge in [0.15, 0.2) is 0 Å². The molecule has 2 fully saturated rings. The first-order chi connectivity index (χ1) is 11.9. The Balaban J connectivity index is 1.43. The third kappa shape index (κ3) is 2.52. The van der Waals surface area contributed by atoms with Crippen molar-refractivity contribution in [2.45, 2.75) is 59.2 Å². The smallest absolute Gasteiger partial charge is 0.306 e. The molecule has 0 radical (unpaired) electrons. The average Bonchev–Trinajstić information content (AvgIpc) is 3.20. The van der Waals surface area contributed by atoms with Crippen LogP contribution in [0.2, 0.25) is 0 Å². The normalized spacial score (nSPS) is 27.1. The molecule has 3 heterocycles. The summed E-state index contributed by atoms with van der Waals surface area (Å²) < 4.78 is 13.3. The predicted octanol–water partition coefficient (Wildman–Crippen LogP) is 2.03. The van der Waals surface area contributed by atoms with Gasteiger partial charge in [-0.2, -0.15) is 10.1 Å². The van der Waals surface area contributed by atoms with Gasteiger partial charge >= 0.3 is 5.97 Å². The third-order valence-corrected chi connectivity index (χ3v) is 5.82. The number of aryl methyl sites for hydroxylation is 2. The highest BCUT2D eigenvalue weighted by molar-refractivity contribution is 5.70. The minimum Gasteiger partial charge on any atom is -0.461 e. The number of fused-ring (bicyclic) bond motifs is 2. The number of esters is 1. The fraction of sp³-hybridized carbons (Fsp3) is 0.667. The molecule has 0 bridgehead atoms. The van der Waals surface area contributed by atoms with Crippen LogP contribution in [0.15, 0.2) is 6.33 Å². The van der Waals surface area contributed by atoms with Gasteiger partial charge in [-0.25, -0.2) is 9.50 Å². The van der Waals surface area contributed by atoms with Crippen LogP contribution in [0.1, 0.15) is 43.6 Å². The molecular weight excluding hydrogens is 320 g/mol. The van der Waals surface area contributed by atoms with E-state index in [4.69, 9.17) is 9.47 Å². The number of hydrogen-bond donors (Lipinski definition) is 0. The van der Waals surface area contributed by atoms with Crippen LogP contribution < -0.4 is 0 Å². The van der Waals surface area contributed by atoms with E-state index in [-0.39, 0.29) is 23.6 Å². The molecule has 134 valence electrons. The van der Waals surface area contributed by atoms with Crippen molar-refractivity contribution in [1.29, 1.82) is 0 Å². The van der Waals surface area contributed by atoms with Crippen LogP contribution in [0.3, 0.4) is 0 Å². The zero-order valence-electron chi connectivity index (χ0n) is 15.2. The molecular formula is C18H24N4O3. The largest absolute Gasteiger partial charge is 0.461 e. The van der Waals surface area contributed by atoms with Gasteiger partial charge in [-0.3, -0.25) is 4.79 Å². The minimum absolute atomic E-state index is 0.0365. The maximum atomic E-state index is 12.4. The lowest BCUT2D eigenvalue weighted by atomic mass is 9.59. The van der Waals surface area contributed by atoms with Crippen molar-refractivity contribution < 1.29 is 14.3 Å². The Morgan fingerprint density at radius 3 is 3.04 bits per heavy atom. The van der Waals surface area contributed by atoms with Crippen LogP contribution in [0.5, 0.6) is 0 Å². The molecule has 0 aromatic carbocycles. The zero-order valence-corrected chi connectivity index (χ0v) is 15.2. The van der Waals surface area contributed by atoms with Crippen LogP contribution in [0.4, 0.5) is 0 Å². The molecule has 7 nitrogen and oxygen atoms in total. The van der Waals surface area contributed by atoms with Crippen molar-refractivity contribution in [1.82, 2.24) is 19.6 Å². The molecule has 0 amide bonds. The van der Waals surface area contributed by atoms with Gasteiger partial charge in [0.2, 0.25) is 0 Å². The monoisotopic (exact) mass is 344 g/mol. The summed E-state index contributed by atoms with van der Waals surface area (Å²) in [6, 6.07) is 0. The van der Waals surface area contributed by atoms with E-state index in [1.54, 1.807) is 4.52 Å². The Morgan fingerprint density at radius 1 is 1.44 bits per heavy atom. The van der Waals surface area contributed by atoms with Crippen LogP contribution >= 0.6 is 0 Å². The Morgan fingerprint density at radius 2 is 2.24 bits per heavy atom. The highest BCUT2D eigenvalue weighted by atomic mass is 16.6. The van der Waals surface area contributed by atoms with E-state index >= 15 is 0 Å². The quantitative estimate of drug-likeness (QED) is 0.790. The molecule has 0 spiro atoms. The summed E-state index contributed by atoms with van der Waals surface area (Å²) in [4.78, 5) is 21.0. The third-order valence-electron chi connectivity index (χ3n) is 5.82. The Kier molecular flexibility index (Phi) is 3.79. The molecule has 2 aromatic heterocycles. The number of ether oxygens (including phenoxy) is 2. The number of carbonyl (C=O) groups excluding carboxylic acids is 1. The molecule has 1 aliphatic heterocycles. The SMILES string of the molecule is Cc1nc2ncnn2c(C)c1CCC(=O)O[C@@H]1[C@@H]2CCO[C@@H]2C1(C)C. The van der Waals surface area contributed by atoms with E-state index in [2.05, 4.69) is 28.9 Å². The first kappa shape index (κ1) is 16.4. The number of carbonyl (C=O) groups is 1. The van der Waals surface area contributed by atoms with Crippen LogP contribution in [0, 0.1) is 25.2 Å². The van der Waals surface area contributed by atoms with E-state index < -0.39 is 0 Å². The molecule has 25 heavy (non-hydrogen) atoms. The number of aromatic nitrogens is 4. The molecule has 2 aliphatic rings. The van der Waals surface area contributed by atoms with Gasteiger partial charge in [0, 0.05) is 35.7 Å². The molecule has 3 atom stereocenters. The number of hydrogen-bond acceptors (Lipinski definition) is 6. The van der Waals surface area contributed by atoms with Gasteiger partial charge in [-0.1, -0.05) is 13.8 Å². The number of nitrogens with zero attached hydrogens (tertiary/aromatic N) is 4. The van der Waals surface area contributed by atoms with E-state index in [9.17, 15) is 4.79 Å². The lowest BCUT2D eigenvalue weighted by Crippen LogP contribution is -2.61. The van der Waals surface area contributed by atoms with Gasteiger partial charge < -0.3 is 9.47 Å². The van der Waals surface area contributed by atoms with Crippen molar-refractivity contribution >= 4 is 11.7 Å². The van der Waals surface area contributed by atoms with E-state index in [1.807, 2.05) is 13.8 Å². The van der Waals surface area contributed by atoms with Crippen molar-refractivity contribution in [2.24, 2.45) is 11.3 Å². The van der Waals surface area contributed by atoms with Gasteiger partial charge in [-0.15, -0.1) is 0 Å². The predicted molar refractivity (Wildman–Crippen MR) is 90.1 cm³/mol. The van der Waals surface area contributed by atoms with E-state index in [0.29, 0.717) is 24.5 Å². The van der Waals surface area contributed by atoms with Crippen molar-refractivity contribution in [3.8, 4) is 0 Å². The summed E-state index contributed by atoms with van der Waals surface area (Å²) in [5.74, 6) is 0.793. The first-order valence-corrected chi connectivity index (χ1v) is 8.86. The van der Waals surface area contributed by atoms with Gasteiger partial charge in [-0.05, 0) is 32.3 Å². The summed E-state index contributed by atoms with van der Waals surface area (Å²) in [6.07, 6.45) is 3.60. The fourth-order valence-electron chi connectivity index (χ4n) is 4.46. The Bertz CT molecular complexity index is 829. The first-order valence-electron chi connectivity index (χ1n) is 8.86. The lowest BCUT2D eigenvalue weighted by Gasteiger charge is -2.53. The van der Waals surface area contributed by atoms with Gasteiger partial charge in [0.1, 0.15) is 12.4 Å². The average molecular weight is 344 g/mol. The molecule has 1 saturated heterocycles.